The van der Waals surface area contributed by atoms with E-state index in [-0.39, 0.29) is 0 Å². The van der Waals surface area contributed by atoms with Crippen LogP contribution in [-0.4, -0.2) is 34.6 Å². The number of nitrogens with zero attached hydrogens (tertiary/aromatic N) is 3. The Labute approximate surface area is 127 Å². The Hall–Kier alpha value is -1.17. The Morgan fingerprint density at radius 3 is 2.95 bits per heavy atom. The topological polar surface area (TPSA) is 38.2 Å². The summed E-state index contributed by atoms with van der Waals surface area (Å²) in [5, 5.41) is 0.366. The molecule has 0 aliphatic carbocycles. The number of thiophene rings is 1. The summed E-state index contributed by atoms with van der Waals surface area (Å²) in [5.74, 6) is 1.07. The normalized spacial score (nSPS) is 16.1. The van der Waals surface area contributed by atoms with Crippen molar-refractivity contribution in [1.82, 2.24) is 14.9 Å². The van der Waals surface area contributed by atoms with Crippen LogP contribution in [0.15, 0.2) is 24.5 Å². The van der Waals surface area contributed by atoms with Gasteiger partial charge in [-0.1, -0.05) is 11.6 Å². The molecule has 0 radical (unpaired) electrons. The zero-order valence-electron chi connectivity index (χ0n) is 11.3. The SMILES string of the molecule is Cc1ccc(CN2CC(COc3cncc(Cl)n3)C2)s1. The molecular weight excluding hydrogens is 294 g/mol. The van der Waals surface area contributed by atoms with Gasteiger partial charge in [-0.3, -0.25) is 9.88 Å². The van der Waals surface area contributed by atoms with E-state index in [4.69, 9.17) is 16.3 Å². The van der Waals surface area contributed by atoms with Gasteiger partial charge in [0.05, 0.1) is 19.0 Å². The number of hydrogen-bond acceptors (Lipinski definition) is 5. The summed E-state index contributed by atoms with van der Waals surface area (Å²) < 4.78 is 5.61. The molecule has 0 saturated carbocycles. The monoisotopic (exact) mass is 309 g/mol. The molecular formula is C14H16ClN3OS. The summed E-state index contributed by atoms with van der Waals surface area (Å²) in [4.78, 5) is 13.3. The van der Waals surface area contributed by atoms with Crippen molar-refractivity contribution in [3.8, 4) is 5.88 Å². The minimum atomic E-state index is 0.366. The van der Waals surface area contributed by atoms with Crippen LogP contribution in [0, 0.1) is 12.8 Å². The van der Waals surface area contributed by atoms with Crippen molar-refractivity contribution in [2.45, 2.75) is 13.5 Å². The average molecular weight is 310 g/mol. The lowest BCUT2D eigenvalue weighted by Crippen LogP contribution is -2.48. The van der Waals surface area contributed by atoms with Crippen LogP contribution in [0.5, 0.6) is 5.88 Å². The number of ether oxygens (including phenoxy) is 1. The maximum Gasteiger partial charge on any atom is 0.233 e. The highest BCUT2D eigenvalue weighted by Gasteiger charge is 2.27. The van der Waals surface area contributed by atoms with E-state index in [1.165, 1.54) is 16.0 Å². The van der Waals surface area contributed by atoms with Crippen LogP contribution in [-0.2, 0) is 6.54 Å². The molecule has 0 spiro atoms. The maximum absolute atomic E-state index is 5.76. The second kappa shape index (κ2) is 6.08. The minimum absolute atomic E-state index is 0.366. The molecule has 0 unspecified atom stereocenters. The minimum Gasteiger partial charge on any atom is -0.476 e. The number of likely N-dealkylation sites (tertiary alicyclic amines) is 1. The molecule has 6 heteroatoms. The third kappa shape index (κ3) is 3.48. The van der Waals surface area contributed by atoms with E-state index in [1.54, 1.807) is 6.20 Å². The number of halogens is 1. The number of rotatable bonds is 5. The van der Waals surface area contributed by atoms with Crippen LogP contribution in [0.3, 0.4) is 0 Å². The van der Waals surface area contributed by atoms with Crippen molar-refractivity contribution in [2.75, 3.05) is 19.7 Å². The first-order chi connectivity index (χ1) is 9.69. The quantitative estimate of drug-likeness (QED) is 0.851. The molecule has 2 aromatic rings. The van der Waals surface area contributed by atoms with Crippen molar-refractivity contribution < 1.29 is 4.74 Å². The highest BCUT2D eigenvalue weighted by molar-refractivity contribution is 7.11. The molecule has 0 N–H and O–H groups in total. The molecule has 0 amide bonds. The summed E-state index contributed by atoms with van der Waals surface area (Å²) >= 11 is 7.64. The smallest absolute Gasteiger partial charge is 0.233 e. The van der Waals surface area contributed by atoms with Crippen molar-refractivity contribution in [3.63, 3.8) is 0 Å². The zero-order chi connectivity index (χ0) is 13.9. The molecule has 0 atom stereocenters. The molecule has 1 aliphatic heterocycles. The number of aromatic nitrogens is 2. The van der Waals surface area contributed by atoms with E-state index in [0.29, 0.717) is 23.6 Å². The Morgan fingerprint density at radius 2 is 2.25 bits per heavy atom. The highest BCUT2D eigenvalue weighted by Crippen LogP contribution is 2.23. The van der Waals surface area contributed by atoms with Gasteiger partial charge in [0, 0.05) is 35.3 Å². The molecule has 106 valence electrons. The molecule has 4 nitrogen and oxygen atoms in total. The molecule has 2 aromatic heterocycles. The van der Waals surface area contributed by atoms with Gasteiger partial charge in [0.1, 0.15) is 0 Å². The summed E-state index contributed by atoms with van der Waals surface area (Å²) in [6.07, 6.45) is 3.10. The van der Waals surface area contributed by atoms with E-state index >= 15 is 0 Å². The maximum atomic E-state index is 5.76. The van der Waals surface area contributed by atoms with Gasteiger partial charge in [0.25, 0.3) is 0 Å². The Bertz CT molecular complexity index is 583. The molecule has 3 heterocycles. The summed E-state index contributed by atoms with van der Waals surface area (Å²) in [7, 11) is 0. The van der Waals surface area contributed by atoms with Crippen LogP contribution in [0.1, 0.15) is 9.75 Å². The summed E-state index contributed by atoms with van der Waals surface area (Å²) in [6, 6.07) is 4.39. The van der Waals surface area contributed by atoms with Crippen LogP contribution < -0.4 is 4.74 Å². The predicted molar refractivity (Wildman–Crippen MR) is 80.4 cm³/mol. The first-order valence-corrected chi connectivity index (χ1v) is 7.76. The van der Waals surface area contributed by atoms with Crippen LogP contribution in [0.2, 0.25) is 5.15 Å². The van der Waals surface area contributed by atoms with Gasteiger partial charge in [-0.05, 0) is 19.1 Å². The van der Waals surface area contributed by atoms with Crippen LogP contribution in [0.25, 0.3) is 0 Å². The van der Waals surface area contributed by atoms with Gasteiger partial charge >= 0.3 is 0 Å². The van der Waals surface area contributed by atoms with E-state index in [2.05, 4.69) is 33.9 Å². The Morgan fingerprint density at radius 1 is 1.40 bits per heavy atom. The molecule has 1 saturated heterocycles. The molecule has 1 fully saturated rings. The molecule has 3 rings (SSSR count). The first kappa shape index (κ1) is 13.8. The molecule has 1 aliphatic rings. The molecule has 0 aromatic carbocycles. The van der Waals surface area contributed by atoms with Crippen molar-refractivity contribution in [3.05, 3.63) is 39.4 Å². The summed E-state index contributed by atoms with van der Waals surface area (Å²) in [5.41, 5.74) is 0. The van der Waals surface area contributed by atoms with Gasteiger partial charge in [-0.15, -0.1) is 11.3 Å². The van der Waals surface area contributed by atoms with E-state index in [1.807, 2.05) is 11.3 Å². The fraction of sp³-hybridized carbons (Fsp3) is 0.429. The second-order valence-electron chi connectivity index (χ2n) is 5.06. The van der Waals surface area contributed by atoms with Gasteiger partial charge < -0.3 is 4.74 Å². The van der Waals surface area contributed by atoms with E-state index in [0.717, 1.165) is 19.6 Å². The zero-order valence-corrected chi connectivity index (χ0v) is 12.8. The summed E-state index contributed by atoms with van der Waals surface area (Å²) in [6.45, 7) is 6.02. The van der Waals surface area contributed by atoms with E-state index < -0.39 is 0 Å². The van der Waals surface area contributed by atoms with E-state index in [9.17, 15) is 0 Å². The van der Waals surface area contributed by atoms with Crippen LogP contribution >= 0.6 is 22.9 Å². The van der Waals surface area contributed by atoms with Gasteiger partial charge in [-0.25, -0.2) is 0 Å². The standard InChI is InChI=1S/C14H16ClN3OS/c1-10-2-3-12(20-10)8-18-6-11(7-18)9-19-14-5-16-4-13(15)17-14/h2-5,11H,6-9H2,1H3. The Kier molecular flexibility index (Phi) is 4.19. The fourth-order valence-electron chi connectivity index (χ4n) is 2.30. The lowest BCUT2D eigenvalue weighted by atomic mass is 10.0. The lowest BCUT2D eigenvalue weighted by molar-refractivity contribution is 0.0551. The lowest BCUT2D eigenvalue weighted by Gasteiger charge is -2.38. The second-order valence-corrected chi connectivity index (χ2v) is 6.82. The Balaban J connectivity index is 1.40. The van der Waals surface area contributed by atoms with Crippen molar-refractivity contribution in [1.29, 1.82) is 0 Å². The average Bonchev–Trinajstić information content (AvgIpc) is 2.78. The van der Waals surface area contributed by atoms with Crippen molar-refractivity contribution in [2.24, 2.45) is 5.92 Å². The largest absolute Gasteiger partial charge is 0.476 e. The number of hydrogen-bond donors (Lipinski definition) is 0. The predicted octanol–water partition coefficient (Wildman–Crippen LogP) is 3.01. The third-order valence-corrected chi connectivity index (χ3v) is 4.43. The van der Waals surface area contributed by atoms with Crippen molar-refractivity contribution >= 4 is 22.9 Å². The third-order valence-electron chi connectivity index (χ3n) is 3.26. The first-order valence-electron chi connectivity index (χ1n) is 6.57. The van der Waals surface area contributed by atoms with Gasteiger partial charge in [0.2, 0.25) is 5.88 Å². The molecule has 0 bridgehead atoms. The van der Waals surface area contributed by atoms with Gasteiger partial charge in [-0.2, -0.15) is 4.98 Å². The number of aryl methyl sites for hydroxylation is 1. The van der Waals surface area contributed by atoms with Crippen LogP contribution in [0.4, 0.5) is 0 Å². The van der Waals surface area contributed by atoms with Gasteiger partial charge in [0.15, 0.2) is 5.15 Å². The highest BCUT2D eigenvalue weighted by atomic mass is 35.5. The fourth-order valence-corrected chi connectivity index (χ4v) is 3.37. The molecule has 20 heavy (non-hydrogen) atoms.